The largest absolute Gasteiger partial charge is 0.355 e. The van der Waals surface area contributed by atoms with E-state index in [-0.39, 0.29) is 5.91 Å². The van der Waals surface area contributed by atoms with Crippen LogP contribution in [0.1, 0.15) is 19.3 Å². The van der Waals surface area contributed by atoms with Crippen molar-refractivity contribution in [1.82, 2.24) is 25.8 Å². The van der Waals surface area contributed by atoms with Crippen molar-refractivity contribution in [2.75, 3.05) is 32.0 Å². The van der Waals surface area contributed by atoms with Gasteiger partial charge in [-0.25, -0.2) is 0 Å². The van der Waals surface area contributed by atoms with Crippen LogP contribution in [0.15, 0.2) is 11.2 Å². The lowest BCUT2D eigenvalue weighted by Gasteiger charge is -2.25. The zero-order valence-electron chi connectivity index (χ0n) is 10.8. The molecule has 1 aromatic rings. The highest BCUT2D eigenvalue weighted by atomic mass is 32.2. The fourth-order valence-electron chi connectivity index (χ4n) is 1.75. The van der Waals surface area contributed by atoms with Gasteiger partial charge in [-0.15, -0.1) is 16.9 Å². The zero-order valence-corrected chi connectivity index (χ0v) is 11.6. The number of carbonyl (C=O) groups excluding carboxylic acids is 1. The van der Waals surface area contributed by atoms with E-state index in [1.807, 2.05) is 5.06 Å². The second-order valence-electron chi connectivity index (χ2n) is 4.23. The van der Waals surface area contributed by atoms with E-state index in [0.29, 0.717) is 19.5 Å². The lowest BCUT2D eigenvalue weighted by molar-refractivity contribution is -0.181. The number of hydrogen-bond acceptors (Lipinski definition) is 6. The molecule has 7 nitrogen and oxygen atoms in total. The molecule has 0 aromatic carbocycles. The Kier molecular flexibility index (Phi) is 6.12. The molecule has 1 aliphatic heterocycles. The van der Waals surface area contributed by atoms with Crippen LogP contribution < -0.4 is 5.32 Å². The summed E-state index contributed by atoms with van der Waals surface area (Å²) >= 11 is 1.56. The van der Waals surface area contributed by atoms with E-state index >= 15 is 0 Å². The Morgan fingerprint density at radius 1 is 1.58 bits per heavy atom. The van der Waals surface area contributed by atoms with Gasteiger partial charge in [0.1, 0.15) is 5.03 Å². The molecule has 1 saturated heterocycles. The maximum atomic E-state index is 11.6. The summed E-state index contributed by atoms with van der Waals surface area (Å²) in [6, 6.07) is 0. The quantitative estimate of drug-likeness (QED) is 0.558. The van der Waals surface area contributed by atoms with Crippen molar-refractivity contribution in [2.24, 2.45) is 0 Å². The van der Waals surface area contributed by atoms with Crippen LogP contribution in [0, 0.1) is 0 Å². The van der Waals surface area contributed by atoms with Crippen molar-refractivity contribution in [2.45, 2.75) is 24.3 Å². The molecule has 0 unspecified atom stereocenters. The predicted octanol–water partition coefficient (Wildman–Crippen LogP) is 0.430. The Bertz CT molecular complexity index is 367. The molecule has 106 valence electrons. The highest BCUT2D eigenvalue weighted by molar-refractivity contribution is 7.99. The highest BCUT2D eigenvalue weighted by Crippen LogP contribution is 2.11. The number of nitrogens with one attached hydrogen (secondary N) is 2. The lowest BCUT2D eigenvalue weighted by Crippen LogP contribution is -2.34. The Morgan fingerprint density at radius 3 is 3.26 bits per heavy atom. The SMILES string of the molecule is O=C(CCN1CCCCO1)NCCSc1cn[nH]n1. The number of H-pyrrole nitrogens is 1. The maximum absolute atomic E-state index is 11.6. The fraction of sp³-hybridized carbons (Fsp3) is 0.727. The summed E-state index contributed by atoms with van der Waals surface area (Å²) in [6.07, 6.45) is 4.41. The summed E-state index contributed by atoms with van der Waals surface area (Å²) in [4.78, 5) is 17.0. The number of hydroxylamine groups is 2. The fourth-order valence-corrected chi connectivity index (χ4v) is 2.39. The monoisotopic (exact) mass is 285 g/mol. The van der Waals surface area contributed by atoms with Crippen molar-refractivity contribution in [1.29, 1.82) is 0 Å². The molecule has 2 N–H and O–H groups in total. The summed E-state index contributed by atoms with van der Waals surface area (Å²) < 4.78 is 0. The van der Waals surface area contributed by atoms with E-state index < -0.39 is 0 Å². The lowest BCUT2D eigenvalue weighted by atomic mass is 10.3. The third kappa shape index (κ3) is 5.58. The Balaban J connectivity index is 1.49. The molecular weight excluding hydrogens is 266 g/mol. The molecule has 0 radical (unpaired) electrons. The molecule has 8 heteroatoms. The first-order chi connectivity index (χ1) is 9.34. The van der Waals surface area contributed by atoms with Gasteiger partial charge in [-0.1, -0.05) is 0 Å². The number of thioether (sulfide) groups is 1. The van der Waals surface area contributed by atoms with Gasteiger partial charge in [0.25, 0.3) is 0 Å². The van der Waals surface area contributed by atoms with Crippen LogP contribution in [-0.2, 0) is 9.63 Å². The van der Waals surface area contributed by atoms with E-state index in [4.69, 9.17) is 4.84 Å². The average Bonchev–Trinajstić information content (AvgIpc) is 2.96. The van der Waals surface area contributed by atoms with Gasteiger partial charge in [0.2, 0.25) is 5.91 Å². The summed E-state index contributed by atoms with van der Waals surface area (Å²) in [7, 11) is 0. The molecular formula is C11H19N5O2S. The summed E-state index contributed by atoms with van der Waals surface area (Å²) in [5.74, 6) is 0.855. The number of amides is 1. The van der Waals surface area contributed by atoms with Crippen LogP contribution in [0.25, 0.3) is 0 Å². The number of nitrogens with zero attached hydrogens (tertiary/aromatic N) is 3. The first-order valence-corrected chi connectivity index (χ1v) is 7.46. The number of carbonyl (C=O) groups is 1. The smallest absolute Gasteiger partial charge is 0.221 e. The molecule has 2 heterocycles. The first-order valence-electron chi connectivity index (χ1n) is 6.48. The number of rotatable bonds is 7. The number of hydrogen-bond donors (Lipinski definition) is 2. The van der Waals surface area contributed by atoms with E-state index in [1.54, 1.807) is 18.0 Å². The van der Waals surface area contributed by atoms with Gasteiger partial charge < -0.3 is 5.32 Å². The normalized spacial score (nSPS) is 16.4. The molecule has 1 aliphatic rings. The molecule has 0 atom stereocenters. The van der Waals surface area contributed by atoms with Gasteiger partial charge in [0.05, 0.1) is 12.8 Å². The van der Waals surface area contributed by atoms with Crippen LogP contribution in [0.4, 0.5) is 0 Å². The number of aromatic amines is 1. The molecule has 0 bridgehead atoms. The van der Waals surface area contributed by atoms with E-state index in [9.17, 15) is 4.79 Å². The highest BCUT2D eigenvalue weighted by Gasteiger charge is 2.12. The predicted molar refractivity (Wildman–Crippen MR) is 71.5 cm³/mol. The van der Waals surface area contributed by atoms with Crippen LogP contribution in [0.3, 0.4) is 0 Å². The van der Waals surface area contributed by atoms with Crippen LogP contribution in [-0.4, -0.2) is 58.4 Å². The maximum Gasteiger partial charge on any atom is 0.221 e. The van der Waals surface area contributed by atoms with Crippen molar-refractivity contribution < 1.29 is 9.63 Å². The van der Waals surface area contributed by atoms with E-state index in [1.165, 1.54) is 0 Å². The molecule has 19 heavy (non-hydrogen) atoms. The van der Waals surface area contributed by atoms with Gasteiger partial charge in [0, 0.05) is 31.8 Å². The van der Waals surface area contributed by atoms with Crippen molar-refractivity contribution in [3.8, 4) is 0 Å². The Morgan fingerprint density at radius 2 is 2.53 bits per heavy atom. The third-order valence-electron chi connectivity index (χ3n) is 2.73. The van der Waals surface area contributed by atoms with Crippen molar-refractivity contribution >= 4 is 17.7 Å². The Hall–Kier alpha value is -1.12. The second-order valence-corrected chi connectivity index (χ2v) is 5.34. The topological polar surface area (TPSA) is 83.1 Å². The van der Waals surface area contributed by atoms with E-state index in [2.05, 4.69) is 20.7 Å². The zero-order chi connectivity index (χ0) is 13.3. The van der Waals surface area contributed by atoms with E-state index in [0.717, 1.165) is 36.8 Å². The van der Waals surface area contributed by atoms with Crippen molar-refractivity contribution in [3.05, 3.63) is 6.20 Å². The van der Waals surface area contributed by atoms with Crippen molar-refractivity contribution in [3.63, 3.8) is 0 Å². The van der Waals surface area contributed by atoms with Gasteiger partial charge in [-0.3, -0.25) is 9.63 Å². The van der Waals surface area contributed by atoms with Gasteiger partial charge in [0.15, 0.2) is 0 Å². The molecule has 1 fully saturated rings. The number of aromatic nitrogens is 3. The third-order valence-corrected chi connectivity index (χ3v) is 3.63. The van der Waals surface area contributed by atoms with Crippen LogP contribution in [0.2, 0.25) is 0 Å². The summed E-state index contributed by atoms with van der Waals surface area (Å²) in [5, 5.41) is 15.8. The second kappa shape index (κ2) is 8.13. The molecule has 1 amide bonds. The molecule has 0 aliphatic carbocycles. The molecule has 2 rings (SSSR count). The van der Waals surface area contributed by atoms with Gasteiger partial charge in [-0.2, -0.15) is 15.4 Å². The minimum Gasteiger partial charge on any atom is -0.355 e. The first kappa shape index (κ1) is 14.3. The Labute approximate surface area is 116 Å². The van der Waals surface area contributed by atoms with Crippen LogP contribution in [0.5, 0.6) is 0 Å². The summed E-state index contributed by atoms with van der Waals surface area (Å²) in [6.45, 7) is 3.00. The molecule has 0 saturated carbocycles. The van der Waals surface area contributed by atoms with Gasteiger partial charge in [-0.05, 0) is 12.8 Å². The van der Waals surface area contributed by atoms with Gasteiger partial charge >= 0.3 is 0 Å². The molecule has 0 spiro atoms. The average molecular weight is 285 g/mol. The minimum absolute atomic E-state index is 0.0647. The summed E-state index contributed by atoms with van der Waals surface area (Å²) in [5.41, 5.74) is 0. The minimum atomic E-state index is 0.0647. The standard InChI is InChI=1S/C11H19N5O2S/c17-10(3-6-16-5-1-2-7-18-16)12-4-8-19-11-9-13-15-14-11/h9H,1-8H2,(H,12,17)(H,13,14,15). The van der Waals surface area contributed by atoms with Crippen LogP contribution >= 0.6 is 11.8 Å². The molecule has 1 aromatic heterocycles.